The minimum atomic E-state index is -0.476. The highest BCUT2D eigenvalue weighted by Gasteiger charge is 2.44. The van der Waals surface area contributed by atoms with Gasteiger partial charge < -0.3 is 9.64 Å². The summed E-state index contributed by atoms with van der Waals surface area (Å²) < 4.78 is 5.56. The second kappa shape index (κ2) is 6.51. The zero-order valence-corrected chi connectivity index (χ0v) is 15.0. The van der Waals surface area contributed by atoms with Crippen molar-refractivity contribution in [3.63, 3.8) is 0 Å². The first-order valence-corrected chi connectivity index (χ1v) is 9.63. The summed E-state index contributed by atoms with van der Waals surface area (Å²) in [7, 11) is 0. The lowest BCUT2D eigenvalue weighted by atomic mass is 9.72. The van der Waals surface area contributed by atoms with Gasteiger partial charge in [-0.1, -0.05) is 23.7 Å². The van der Waals surface area contributed by atoms with Gasteiger partial charge in [0, 0.05) is 36.2 Å². The summed E-state index contributed by atoms with van der Waals surface area (Å²) in [4.78, 5) is 17.0. The molecule has 1 fully saturated rings. The van der Waals surface area contributed by atoms with Gasteiger partial charge in [0.25, 0.3) is 0 Å². The Morgan fingerprint density at radius 2 is 1.92 bits per heavy atom. The summed E-state index contributed by atoms with van der Waals surface area (Å²) in [6.07, 6.45) is 2.44. The van der Waals surface area contributed by atoms with E-state index in [-0.39, 0.29) is 5.91 Å². The van der Waals surface area contributed by atoms with Crippen LogP contribution in [0.25, 0.3) is 0 Å². The van der Waals surface area contributed by atoms with Crippen LogP contribution in [0.1, 0.15) is 28.8 Å². The van der Waals surface area contributed by atoms with Gasteiger partial charge in [-0.05, 0) is 54.0 Å². The highest BCUT2D eigenvalue weighted by atomic mass is 35.5. The summed E-state index contributed by atoms with van der Waals surface area (Å²) in [5.41, 5.74) is 1.89. The largest absolute Gasteiger partial charge is 0.381 e. The van der Waals surface area contributed by atoms with Crippen LogP contribution in [0.15, 0.2) is 35.7 Å². The average Bonchev–Trinajstić information content (AvgIpc) is 3.10. The van der Waals surface area contributed by atoms with Gasteiger partial charge in [0.2, 0.25) is 5.91 Å². The van der Waals surface area contributed by atoms with Crippen molar-refractivity contribution >= 4 is 28.8 Å². The van der Waals surface area contributed by atoms with Crippen LogP contribution in [-0.4, -0.2) is 30.6 Å². The third kappa shape index (κ3) is 2.77. The van der Waals surface area contributed by atoms with E-state index in [0.29, 0.717) is 18.2 Å². The van der Waals surface area contributed by atoms with Gasteiger partial charge in [0.1, 0.15) is 0 Å². The van der Waals surface area contributed by atoms with Gasteiger partial charge in [0.05, 0.1) is 5.41 Å². The van der Waals surface area contributed by atoms with Crippen molar-refractivity contribution in [2.75, 3.05) is 19.8 Å². The van der Waals surface area contributed by atoms with E-state index >= 15 is 0 Å². The van der Waals surface area contributed by atoms with Gasteiger partial charge in [-0.15, -0.1) is 11.3 Å². The molecule has 0 spiro atoms. The first-order chi connectivity index (χ1) is 11.7. The van der Waals surface area contributed by atoms with E-state index in [4.69, 9.17) is 16.3 Å². The first kappa shape index (κ1) is 16.1. The lowest BCUT2D eigenvalue weighted by Crippen LogP contribution is -2.51. The van der Waals surface area contributed by atoms with Crippen LogP contribution in [0.4, 0.5) is 0 Å². The molecular weight excluding hydrogens is 342 g/mol. The molecule has 0 atom stereocenters. The average molecular weight is 362 g/mol. The second-order valence-corrected chi connectivity index (χ2v) is 7.98. The third-order valence-corrected chi connectivity index (χ3v) is 6.52. The molecular formula is C19H20ClNO2S. The fraction of sp³-hybridized carbons (Fsp3) is 0.421. The molecule has 1 saturated heterocycles. The molecule has 5 heteroatoms. The molecule has 0 aliphatic carbocycles. The van der Waals surface area contributed by atoms with Crippen molar-refractivity contribution in [3.8, 4) is 0 Å². The Morgan fingerprint density at radius 1 is 1.17 bits per heavy atom. The number of carbonyl (C=O) groups is 1. The standard InChI is InChI=1S/C19H20ClNO2S/c20-16-3-1-15(2-4-16)19(7-10-23-11-8-19)18(22)21-9-5-17-14(13-21)6-12-24-17/h1-4,6,12H,5,7-11,13H2. The predicted octanol–water partition coefficient (Wildman–Crippen LogP) is 4.03. The van der Waals surface area contributed by atoms with E-state index in [9.17, 15) is 4.79 Å². The van der Waals surface area contributed by atoms with Crippen molar-refractivity contribution in [2.24, 2.45) is 0 Å². The summed E-state index contributed by atoms with van der Waals surface area (Å²) in [6, 6.07) is 9.93. The Balaban J connectivity index is 1.66. The van der Waals surface area contributed by atoms with Crippen molar-refractivity contribution in [2.45, 2.75) is 31.2 Å². The Morgan fingerprint density at radius 3 is 2.67 bits per heavy atom. The lowest BCUT2D eigenvalue weighted by molar-refractivity contribution is -0.142. The number of hydrogen-bond acceptors (Lipinski definition) is 3. The van der Waals surface area contributed by atoms with Crippen LogP contribution in [-0.2, 0) is 27.9 Å². The Hall–Kier alpha value is -1.36. The highest BCUT2D eigenvalue weighted by Crippen LogP contribution is 2.38. The number of halogens is 1. The van der Waals surface area contributed by atoms with Gasteiger partial charge in [-0.25, -0.2) is 0 Å². The molecule has 2 aromatic rings. The molecule has 3 nitrogen and oxygen atoms in total. The van der Waals surface area contributed by atoms with Crippen molar-refractivity contribution < 1.29 is 9.53 Å². The van der Waals surface area contributed by atoms with Crippen molar-refractivity contribution in [1.82, 2.24) is 4.90 Å². The van der Waals surface area contributed by atoms with E-state index in [1.165, 1.54) is 10.4 Å². The maximum atomic E-state index is 13.5. The molecule has 0 unspecified atom stereocenters. The molecule has 4 rings (SSSR count). The number of fused-ring (bicyclic) bond motifs is 1. The van der Waals surface area contributed by atoms with E-state index in [2.05, 4.69) is 11.4 Å². The Bertz CT molecular complexity index is 734. The van der Waals surface area contributed by atoms with E-state index in [1.807, 2.05) is 29.2 Å². The molecule has 2 aliphatic heterocycles. The number of amides is 1. The molecule has 126 valence electrons. The van der Waals surface area contributed by atoms with Gasteiger partial charge >= 0.3 is 0 Å². The number of hydrogen-bond donors (Lipinski definition) is 0. The maximum Gasteiger partial charge on any atom is 0.233 e. The summed E-state index contributed by atoms with van der Waals surface area (Å²) >= 11 is 7.85. The Labute approximate surface area is 151 Å². The summed E-state index contributed by atoms with van der Waals surface area (Å²) in [6.45, 7) is 2.80. The number of rotatable bonds is 2. The van der Waals surface area contributed by atoms with Crippen LogP contribution in [0.2, 0.25) is 5.02 Å². The fourth-order valence-corrected chi connectivity index (χ4v) is 4.85. The molecule has 1 aromatic heterocycles. The predicted molar refractivity (Wildman–Crippen MR) is 96.6 cm³/mol. The van der Waals surface area contributed by atoms with Crippen molar-refractivity contribution in [1.29, 1.82) is 0 Å². The zero-order valence-electron chi connectivity index (χ0n) is 13.5. The fourth-order valence-electron chi connectivity index (χ4n) is 3.84. The van der Waals surface area contributed by atoms with E-state index < -0.39 is 5.41 Å². The molecule has 1 aromatic carbocycles. The SMILES string of the molecule is O=C(N1CCc2sccc2C1)C1(c2ccc(Cl)cc2)CCOCC1. The molecule has 24 heavy (non-hydrogen) atoms. The summed E-state index contributed by atoms with van der Waals surface area (Å²) in [5.74, 6) is 0.241. The molecule has 0 saturated carbocycles. The Kier molecular flexibility index (Phi) is 4.37. The van der Waals surface area contributed by atoms with E-state index in [1.54, 1.807) is 11.3 Å². The summed E-state index contributed by atoms with van der Waals surface area (Å²) in [5, 5.41) is 2.83. The number of benzene rings is 1. The minimum absolute atomic E-state index is 0.241. The van der Waals surface area contributed by atoms with Crippen LogP contribution < -0.4 is 0 Å². The molecule has 2 aliphatic rings. The van der Waals surface area contributed by atoms with Gasteiger partial charge in [-0.2, -0.15) is 0 Å². The zero-order chi connectivity index (χ0) is 16.6. The quantitative estimate of drug-likeness (QED) is 0.808. The van der Waals surface area contributed by atoms with Crippen LogP contribution in [0.5, 0.6) is 0 Å². The van der Waals surface area contributed by atoms with Crippen molar-refractivity contribution in [3.05, 3.63) is 56.7 Å². The van der Waals surface area contributed by atoms with Gasteiger partial charge in [-0.3, -0.25) is 4.79 Å². The van der Waals surface area contributed by atoms with E-state index in [0.717, 1.165) is 37.9 Å². The minimum Gasteiger partial charge on any atom is -0.381 e. The van der Waals surface area contributed by atoms with Crippen LogP contribution in [0, 0.1) is 0 Å². The normalized spacial score (nSPS) is 19.8. The molecule has 0 bridgehead atoms. The number of ether oxygens (including phenoxy) is 1. The topological polar surface area (TPSA) is 29.5 Å². The third-order valence-electron chi connectivity index (χ3n) is 5.25. The number of nitrogens with zero attached hydrogens (tertiary/aromatic N) is 1. The molecule has 1 amide bonds. The number of carbonyl (C=O) groups excluding carboxylic acids is 1. The number of thiophene rings is 1. The lowest BCUT2D eigenvalue weighted by Gasteiger charge is -2.41. The van der Waals surface area contributed by atoms with Crippen LogP contribution >= 0.6 is 22.9 Å². The monoisotopic (exact) mass is 361 g/mol. The molecule has 0 radical (unpaired) electrons. The van der Waals surface area contributed by atoms with Gasteiger partial charge in [0.15, 0.2) is 0 Å². The smallest absolute Gasteiger partial charge is 0.233 e. The first-order valence-electron chi connectivity index (χ1n) is 8.37. The van der Waals surface area contributed by atoms with Crippen LogP contribution in [0.3, 0.4) is 0 Å². The molecule has 0 N–H and O–H groups in total. The maximum absolute atomic E-state index is 13.5. The second-order valence-electron chi connectivity index (χ2n) is 6.55. The molecule has 3 heterocycles. The highest BCUT2D eigenvalue weighted by molar-refractivity contribution is 7.10.